The van der Waals surface area contributed by atoms with Crippen LogP contribution in [-0.2, 0) is 10.3 Å². The molecule has 0 spiro atoms. The lowest BCUT2D eigenvalue weighted by atomic mass is 9.92. The standard InChI is InChI=1S/C11H13ClF2O/c1-3-11(7-12,15-2)9-5-4-8(13)6-10(9)14/h4-6H,3,7H2,1-2H3. The second kappa shape index (κ2) is 4.90. The van der Waals surface area contributed by atoms with E-state index in [0.29, 0.717) is 12.0 Å². The molecule has 0 aliphatic carbocycles. The molecule has 1 nitrogen and oxygen atoms in total. The van der Waals surface area contributed by atoms with E-state index in [1.165, 1.54) is 19.2 Å². The van der Waals surface area contributed by atoms with Crippen LogP contribution in [0.5, 0.6) is 0 Å². The van der Waals surface area contributed by atoms with E-state index >= 15 is 0 Å². The summed E-state index contributed by atoms with van der Waals surface area (Å²) in [4.78, 5) is 0. The summed E-state index contributed by atoms with van der Waals surface area (Å²) >= 11 is 5.79. The highest BCUT2D eigenvalue weighted by Crippen LogP contribution is 2.32. The second-order valence-corrected chi connectivity index (χ2v) is 3.58. The Hall–Kier alpha value is -0.670. The second-order valence-electron chi connectivity index (χ2n) is 3.31. The van der Waals surface area contributed by atoms with Gasteiger partial charge < -0.3 is 4.74 Å². The maximum absolute atomic E-state index is 13.5. The summed E-state index contributed by atoms with van der Waals surface area (Å²) in [5.41, 5.74) is -0.580. The van der Waals surface area contributed by atoms with Crippen molar-refractivity contribution >= 4 is 11.6 Å². The van der Waals surface area contributed by atoms with Crippen molar-refractivity contribution in [3.63, 3.8) is 0 Å². The normalized spacial score (nSPS) is 15.0. The largest absolute Gasteiger partial charge is 0.372 e. The fourth-order valence-corrected chi connectivity index (χ4v) is 1.97. The molecule has 1 unspecified atom stereocenters. The van der Waals surface area contributed by atoms with Gasteiger partial charge in [0.15, 0.2) is 0 Å². The minimum absolute atomic E-state index is 0.128. The Morgan fingerprint density at radius 3 is 2.47 bits per heavy atom. The highest BCUT2D eigenvalue weighted by Gasteiger charge is 2.32. The molecule has 0 fully saturated rings. The van der Waals surface area contributed by atoms with Crippen LogP contribution in [0.15, 0.2) is 18.2 Å². The summed E-state index contributed by atoms with van der Waals surface area (Å²) in [6.45, 7) is 1.84. The van der Waals surface area contributed by atoms with Gasteiger partial charge in [-0.3, -0.25) is 0 Å². The molecule has 0 saturated heterocycles. The van der Waals surface area contributed by atoms with Gasteiger partial charge in [-0.1, -0.05) is 13.0 Å². The highest BCUT2D eigenvalue weighted by molar-refractivity contribution is 6.18. The molecule has 0 saturated carbocycles. The van der Waals surface area contributed by atoms with Crippen LogP contribution >= 0.6 is 11.6 Å². The van der Waals surface area contributed by atoms with E-state index in [9.17, 15) is 8.78 Å². The van der Waals surface area contributed by atoms with Gasteiger partial charge in [0.1, 0.15) is 17.2 Å². The van der Waals surface area contributed by atoms with Gasteiger partial charge in [-0.15, -0.1) is 11.6 Å². The predicted molar refractivity (Wildman–Crippen MR) is 56.1 cm³/mol. The number of halogens is 3. The number of rotatable bonds is 4. The molecular weight excluding hydrogens is 222 g/mol. The Bertz CT molecular complexity index is 329. The topological polar surface area (TPSA) is 9.23 Å². The van der Waals surface area contributed by atoms with Crippen LogP contribution in [0.3, 0.4) is 0 Å². The van der Waals surface area contributed by atoms with Gasteiger partial charge in [-0.25, -0.2) is 8.78 Å². The van der Waals surface area contributed by atoms with Crippen LogP contribution in [0.4, 0.5) is 8.78 Å². The molecule has 0 amide bonds. The van der Waals surface area contributed by atoms with Crippen LogP contribution in [0, 0.1) is 11.6 Å². The van der Waals surface area contributed by atoms with Gasteiger partial charge in [0.05, 0.1) is 5.88 Å². The Kier molecular flexibility index (Phi) is 4.05. The molecule has 1 aromatic rings. The summed E-state index contributed by atoms with van der Waals surface area (Å²) in [5, 5.41) is 0. The average molecular weight is 235 g/mol. The third kappa shape index (κ3) is 2.29. The monoisotopic (exact) mass is 234 g/mol. The molecule has 4 heteroatoms. The summed E-state index contributed by atoms with van der Waals surface area (Å²) in [7, 11) is 1.47. The zero-order chi connectivity index (χ0) is 11.5. The van der Waals surface area contributed by atoms with Crippen molar-refractivity contribution < 1.29 is 13.5 Å². The predicted octanol–water partition coefficient (Wildman–Crippen LogP) is 3.46. The molecule has 0 aliphatic heterocycles. The van der Waals surface area contributed by atoms with E-state index in [0.717, 1.165) is 6.07 Å². The lowest BCUT2D eigenvalue weighted by Crippen LogP contribution is -2.31. The number of alkyl halides is 1. The van der Waals surface area contributed by atoms with Gasteiger partial charge >= 0.3 is 0 Å². The minimum Gasteiger partial charge on any atom is -0.372 e. The van der Waals surface area contributed by atoms with E-state index in [1.807, 2.05) is 6.92 Å². The van der Waals surface area contributed by atoms with Crippen molar-refractivity contribution in [2.45, 2.75) is 18.9 Å². The molecule has 1 rings (SSSR count). The Morgan fingerprint density at radius 2 is 2.07 bits per heavy atom. The van der Waals surface area contributed by atoms with Crippen molar-refractivity contribution in [1.29, 1.82) is 0 Å². The maximum Gasteiger partial charge on any atom is 0.132 e. The SMILES string of the molecule is CCC(CCl)(OC)c1ccc(F)cc1F. The Morgan fingerprint density at radius 1 is 1.40 bits per heavy atom. The molecule has 0 aromatic heterocycles. The van der Waals surface area contributed by atoms with Crippen LogP contribution in [-0.4, -0.2) is 13.0 Å². The molecule has 0 heterocycles. The summed E-state index contributed by atoms with van der Waals surface area (Å²) in [5.74, 6) is -1.10. The third-order valence-electron chi connectivity index (χ3n) is 2.60. The highest BCUT2D eigenvalue weighted by atomic mass is 35.5. The van der Waals surface area contributed by atoms with Gasteiger partial charge in [-0.05, 0) is 12.5 Å². The third-order valence-corrected chi connectivity index (χ3v) is 3.03. The minimum atomic E-state index is -0.876. The van der Waals surface area contributed by atoms with E-state index in [1.54, 1.807) is 0 Å². The van der Waals surface area contributed by atoms with Gasteiger partial charge in [0.25, 0.3) is 0 Å². The first-order valence-electron chi connectivity index (χ1n) is 4.66. The molecule has 0 aliphatic rings. The van der Waals surface area contributed by atoms with E-state index in [2.05, 4.69) is 0 Å². The molecular formula is C11H13ClF2O. The molecule has 1 aromatic carbocycles. The van der Waals surface area contributed by atoms with Crippen LogP contribution in [0.1, 0.15) is 18.9 Å². The van der Waals surface area contributed by atoms with Crippen LogP contribution in [0.25, 0.3) is 0 Å². The molecule has 0 radical (unpaired) electrons. The van der Waals surface area contributed by atoms with Crippen molar-refractivity contribution in [2.24, 2.45) is 0 Å². The first kappa shape index (κ1) is 12.4. The molecule has 15 heavy (non-hydrogen) atoms. The Balaban J connectivity index is 3.22. The van der Waals surface area contributed by atoms with E-state index < -0.39 is 17.2 Å². The summed E-state index contributed by atoms with van der Waals surface area (Å²) < 4.78 is 31.5. The number of hydrogen-bond acceptors (Lipinski definition) is 1. The number of methoxy groups -OCH3 is 1. The van der Waals surface area contributed by atoms with Crippen molar-refractivity contribution in [2.75, 3.05) is 13.0 Å². The fourth-order valence-electron chi connectivity index (χ4n) is 1.52. The first-order valence-corrected chi connectivity index (χ1v) is 5.19. The first-order chi connectivity index (χ1) is 7.09. The van der Waals surface area contributed by atoms with Gasteiger partial charge in [0, 0.05) is 18.7 Å². The summed E-state index contributed by atoms with van der Waals surface area (Å²) in [6, 6.07) is 3.42. The molecule has 0 bridgehead atoms. The number of hydrogen-bond donors (Lipinski definition) is 0. The van der Waals surface area contributed by atoms with Crippen LogP contribution < -0.4 is 0 Å². The Labute approximate surface area is 93.0 Å². The van der Waals surface area contributed by atoms with Crippen molar-refractivity contribution in [3.05, 3.63) is 35.4 Å². The van der Waals surface area contributed by atoms with Crippen LogP contribution in [0.2, 0.25) is 0 Å². The molecule has 1 atom stereocenters. The van der Waals surface area contributed by atoms with Crippen molar-refractivity contribution in [1.82, 2.24) is 0 Å². The molecule has 0 N–H and O–H groups in total. The van der Waals surface area contributed by atoms with Gasteiger partial charge in [0.2, 0.25) is 0 Å². The fraction of sp³-hybridized carbons (Fsp3) is 0.455. The van der Waals surface area contributed by atoms with Crippen molar-refractivity contribution in [3.8, 4) is 0 Å². The number of ether oxygens (including phenoxy) is 1. The lowest BCUT2D eigenvalue weighted by molar-refractivity contribution is -0.00105. The zero-order valence-corrected chi connectivity index (χ0v) is 9.44. The average Bonchev–Trinajstić information content (AvgIpc) is 2.23. The maximum atomic E-state index is 13.5. The quantitative estimate of drug-likeness (QED) is 0.725. The van der Waals surface area contributed by atoms with E-state index in [4.69, 9.17) is 16.3 Å². The zero-order valence-electron chi connectivity index (χ0n) is 8.69. The molecule has 84 valence electrons. The lowest BCUT2D eigenvalue weighted by Gasteiger charge is -2.29. The van der Waals surface area contributed by atoms with E-state index in [-0.39, 0.29) is 5.88 Å². The summed E-state index contributed by atoms with van der Waals surface area (Å²) in [6.07, 6.45) is 0.523. The number of benzene rings is 1. The smallest absolute Gasteiger partial charge is 0.132 e. The van der Waals surface area contributed by atoms with Gasteiger partial charge in [-0.2, -0.15) is 0 Å².